The van der Waals surface area contributed by atoms with E-state index >= 15 is 0 Å². The van der Waals surface area contributed by atoms with Crippen molar-refractivity contribution in [1.82, 2.24) is 20.2 Å². The van der Waals surface area contributed by atoms with Gasteiger partial charge in [0, 0.05) is 5.56 Å². The van der Waals surface area contributed by atoms with Crippen molar-refractivity contribution in [3.05, 3.63) is 41.0 Å². The number of tetrazole rings is 1. The summed E-state index contributed by atoms with van der Waals surface area (Å²) < 4.78 is 13.1. The number of aryl methyl sites for hydroxylation is 2. The maximum Gasteiger partial charge on any atom is 0.182 e. The van der Waals surface area contributed by atoms with Crippen molar-refractivity contribution in [3.8, 4) is 0 Å². The fourth-order valence-electron chi connectivity index (χ4n) is 1.54. The third-order valence-electron chi connectivity index (χ3n) is 2.23. The highest BCUT2D eigenvalue weighted by molar-refractivity contribution is 5.97. The summed E-state index contributed by atoms with van der Waals surface area (Å²) in [6, 6.07) is 4.23. The number of benzene rings is 1. The molecule has 0 aliphatic heterocycles. The largest absolute Gasteiger partial charge is 0.294 e. The minimum absolute atomic E-state index is 0.0245. The highest BCUT2D eigenvalue weighted by atomic mass is 19.1. The number of hydrogen-bond acceptors (Lipinski definition) is 4. The average Bonchev–Trinajstić information content (AvgIpc) is 2.62. The number of carbonyl (C=O) groups excluding carboxylic acids is 1. The van der Waals surface area contributed by atoms with E-state index in [-0.39, 0.29) is 12.2 Å². The van der Waals surface area contributed by atoms with Gasteiger partial charge in [0.05, 0.1) is 13.5 Å². The van der Waals surface area contributed by atoms with Gasteiger partial charge in [-0.25, -0.2) is 4.39 Å². The molecule has 0 atom stereocenters. The van der Waals surface area contributed by atoms with Gasteiger partial charge < -0.3 is 0 Å². The van der Waals surface area contributed by atoms with Gasteiger partial charge in [0.15, 0.2) is 11.6 Å². The number of halogens is 1. The minimum atomic E-state index is -0.416. The highest BCUT2D eigenvalue weighted by Gasteiger charge is 2.12. The summed E-state index contributed by atoms with van der Waals surface area (Å²) in [5.74, 6) is -0.305. The summed E-state index contributed by atoms with van der Waals surface area (Å²) in [5.41, 5.74) is 1.04. The Labute approximate surface area is 97.3 Å². The standard InChI is InChI=1S/C11H11FN4O/c1-7-3-8(5-9(12)4-7)10(17)6-11-13-15-16(2)14-11/h3-5H,6H2,1-2H3. The van der Waals surface area contributed by atoms with E-state index in [0.29, 0.717) is 17.0 Å². The van der Waals surface area contributed by atoms with Crippen LogP contribution in [0, 0.1) is 12.7 Å². The highest BCUT2D eigenvalue weighted by Crippen LogP contribution is 2.10. The van der Waals surface area contributed by atoms with Crippen LogP contribution in [0.2, 0.25) is 0 Å². The topological polar surface area (TPSA) is 60.7 Å². The molecule has 0 bridgehead atoms. The first-order valence-corrected chi connectivity index (χ1v) is 5.08. The van der Waals surface area contributed by atoms with Crippen molar-refractivity contribution in [2.45, 2.75) is 13.3 Å². The van der Waals surface area contributed by atoms with E-state index in [1.165, 1.54) is 16.9 Å². The van der Waals surface area contributed by atoms with Crippen molar-refractivity contribution in [2.75, 3.05) is 0 Å². The number of carbonyl (C=O) groups is 1. The van der Waals surface area contributed by atoms with E-state index in [4.69, 9.17) is 0 Å². The monoisotopic (exact) mass is 234 g/mol. The minimum Gasteiger partial charge on any atom is -0.294 e. The van der Waals surface area contributed by atoms with Crippen molar-refractivity contribution in [1.29, 1.82) is 0 Å². The van der Waals surface area contributed by atoms with Gasteiger partial charge >= 0.3 is 0 Å². The summed E-state index contributed by atoms with van der Waals surface area (Å²) in [6.45, 7) is 1.74. The van der Waals surface area contributed by atoms with E-state index in [1.54, 1.807) is 20.0 Å². The molecule has 1 heterocycles. The van der Waals surface area contributed by atoms with Crippen molar-refractivity contribution < 1.29 is 9.18 Å². The van der Waals surface area contributed by atoms with Crippen LogP contribution >= 0.6 is 0 Å². The first kappa shape index (κ1) is 11.4. The fraction of sp³-hybridized carbons (Fsp3) is 0.273. The maximum atomic E-state index is 13.1. The molecule has 0 aliphatic carbocycles. The molecule has 5 nitrogen and oxygen atoms in total. The molecule has 88 valence electrons. The van der Waals surface area contributed by atoms with E-state index in [2.05, 4.69) is 15.4 Å². The third-order valence-corrected chi connectivity index (χ3v) is 2.23. The zero-order valence-electron chi connectivity index (χ0n) is 9.51. The molecule has 0 amide bonds. The summed E-state index contributed by atoms with van der Waals surface area (Å²) in [4.78, 5) is 13.1. The van der Waals surface area contributed by atoms with Crippen LogP contribution in [0.5, 0.6) is 0 Å². The molecule has 0 saturated carbocycles. The summed E-state index contributed by atoms with van der Waals surface area (Å²) in [6.07, 6.45) is 0.0245. The summed E-state index contributed by atoms with van der Waals surface area (Å²) in [7, 11) is 1.62. The molecule has 6 heteroatoms. The van der Waals surface area contributed by atoms with Crippen LogP contribution < -0.4 is 0 Å². The Kier molecular flexibility index (Phi) is 2.95. The second kappa shape index (κ2) is 4.40. The van der Waals surface area contributed by atoms with Gasteiger partial charge in [-0.1, -0.05) is 0 Å². The second-order valence-corrected chi connectivity index (χ2v) is 3.81. The van der Waals surface area contributed by atoms with E-state index < -0.39 is 5.82 Å². The summed E-state index contributed by atoms with van der Waals surface area (Å²) >= 11 is 0. The molecule has 17 heavy (non-hydrogen) atoms. The average molecular weight is 234 g/mol. The van der Waals surface area contributed by atoms with Crippen molar-refractivity contribution in [3.63, 3.8) is 0 Å². The lowest BCUT2D eigenvalue weighted by Crippen LogP contribution is -2.06. The van der Waals surface area contributed by atoms with Crippen LogP contribution in [-0.4, -0.2) is 26.0 Å². The molecule has 0 fully saturated rings. The SMILES string of the molecule is Cc1cc(F)cc(C(=O)Cc2nnn(C)n2)c1. The first-order valence-electron chi connectivity index (χ1n) is 5.08. The van der Waals surface area contributed by atoms with Gasteiger partial charge in [-0.15, -0.1) is 10.2 Å². The Morgan fingerprint density at radius 2 is 2.18 bits per heavy atom. The Hall–Kier alpha value is -2.11. The quantitative estimate of drug-likeness (QED) is 0.746. The van der Waals surface area contributed by atoms with Gasteiger partial charge in [0.25, 0.3) is 0 Å². The zero-order chi connectivity index (χ0) is 12.4. The lowest BCUT2D eigenvalue weighted by atomic mass is 10.1. The summed E-state index contributed by atoms with van der Waals surface area (Å²) in [5, 5.41) is 11.2. The Bertz CT molecular complexity index is 544. The first-order chi connectivity index (χ1) is 8.04. The Morgan fingerprint density at radius 3 is 2.76 bits per heavy atom. The number of ketones is 1. The van der Waals surface area contributed by atoms with Crippen LogP contribution in [0.1, 0.15) is 21.7 Å². The molecule has 0 radical (unpaired) electrons. The van der Waals surface area contributed by atoms with Gasteiger partial charge in [0.2, 0.25) is 0 Å². The third kappa shape index (κ3) is 2.72. The maximum absolute atomic E-state index is 13.1. The lowest BCUT2D eigenvalue weighted by Gasteiger charge is -2.00. The van der Waals surface area contributed by atoms with Crippen LogP contribution in [-0.2, 0) is 13.5 Å². The van der Waals surface area contributed by atoms with Gasteiger partial charge in [0.1, 0.15) is 5.82 Å². The molecule has 2 aromatic rings. The molecular formula is C11H11FN4O. The van der Waals surface area contributed by atoms with Gasteiger partial charge in [-0.3, -0.25) is 4.79 Å². The smallest absolute Gasteiger partial charge is 0.182 e. The fourth-order valence-corrected chi connectivity index (χ4v) is 1.54. The number of aromatic nitrogens is 4. The second-order valence-electron chi connectivity index (χ2n) is 3.81. The van der Waals surface area contributed by atoms with Crippen LogP contribution in [0.15, 0.2) is 18.2 Å². The van der Waals surface area contributed by atoms with Gasteiger partial charge in [-0.05, 0) is 35.9 Å². The Balaban J connectivity index is 2.19. The number of nitrogens with zero attached hydrogens (tertiary/aromatic N) is 4. The molecular weight excluding hydrogens is 223 g/mol. The van der Waals surface area contributed by atoms with Crippen LogP contribution in [0.3, 0.4) is 0 Å². The number of Topliss-reactive ketones (excluding diaryl/α,β-unsaturated/α-hetero) is 1. The van der Waals surface area contributed by atoms with Crippen LogP contribution in [0.4, 0.5) is 4.39 Å². The van der Waals surface area contributed by atoms with Crippen molar-refractivity contribution in [2.24, 2.45) is 7.05 Å². The normalized spacial score (nSPS) is 10.5. The molecule has 0 aliphatic rings. The molecule has 0 unspecified atom stereocenters. The Morgan fingerprint density at radius 1 is 1.41 bits per heavy atom. The van der Waals surface area contributed by atoms with Crippen LogP contribution in [0.25, 0.3) is 0 Å². The molecule has 0 N–H and O–H groups in total. The van der Waals surface area contributed by atoms with E-state index in [9.17, 15) is 9.18 Å². The molecule has 0 spiro atoms. The van der Waals surface area contributed by atoms with E-state index in [0.717, 1.165) is 0 Å². The van der Waals surface area contributed by atoms with E-state index in [1.807, 2.05) is 0 Å². The lowest BCUT2D eigenvalue weighted by molar-refractivity contribution is 0.0990. The molecule has 1 aromatic heterocycles. The number of rotatable bonds is 3. The molecule has 0 saturated heterocycles. The van der Waals surface area contributed by atoms with Crippen molar-refractivity contribution >= 4 is 5.78 Å². The zero-order valence-corrected chi connectivity index (χ0v) is 9.51. The predicted molar refractivity (Wildman–Crippen MR) is 58.0 cm³/mol. The predicted octanol–water partition coefficient (Wildman–Crippen LogP) is 1.08. The number of hydrogen-bond donors (Lipinski definition) is 0. The molecule has 2 rings (SSSR count). The molecule has 1 aromatic carbocycles. The van der Waals surface area contributed by atoms with Gasteiger partial charge in [-0.2, -0.15) is 4.80 Å².